The molecule has 0 aliphatic carbocycles. The Kier molecular flexibility index (Phi) is 3.16. The van der Waals surface area contributed by atoms with Gasteiger partial charge in [-0.05, 0) is 30.3 Å². The van der Waals surface area contributed by atoms with Crippen LogP contribution >= 0.6 is 0 Å². The lowest BCUT2D eigenvalue weighted by molar-refractivity contribution is 0.1000. The number of carbonyl (C=O) groups is 1. The number of aromatic nitrogens is 1. The zero-order valence-corrected chi connectivity index (χ0v) is 11.1. The molecule has 0 fully saturated rings. The second-order valence-corrected chi connectivity index (χ2v) is 4.58. The fraction of sp³-hybridized carbons (Fsp3) is 0. The van der Waals surface area contributed by atoms with Crippen molar-refractivity contribution in [2.24, 2.45) is 5.73 Å². The minimum Gasteiger partial charge on any atom is -0.454 e. The van der Waals surface area contributed by atoms with E-state index in [-0.39, 0.29) is 0 Å². The summed E-state index contributed by atoms with van der Waals surface area (Å²) in [5.74, 6) is 0.391. The quantitative estimate of drug-likeness (QED) is 0.721. The van der Waals surface area contributed by atoms with Gasteiger partial charge in [-0.15, -0.1) is 0 Å². The summed E-state index contributed by atoms with van der Waals surface area (Å²) in [7, 11) is 0. The Bertz CT molecular complexity index is 831. The molecule has 5 heteroatoms. The fourth-order valence-corrected chi connectivity index (χ4v) is 2.01. The molecule has 1 heterocycles. The lowest BCUT2D eigenvalue weighted by atomic mass is 10.2. The summed E-state index contributed by atoms with van der Waals surface area (Å²) < 4.78 is 5.71. The highest BCUT2D eigenvalue weighted by Crippen LogP contribution is 2.29. The first-order chi connectivity index (χ1) is 10.1. The van der Waals surface area contributed by atoms with Crippen LogP contribution in [-0.4, -0.2) is 10.9 Å². The summed E-state index contributed by atoms with van der Waals surface area (Å²) >= 11 is 0. The van der Waals surface area contributed by atoms with E-state index in [2.05, 4.69) is 4.98 Å². The van der Waals surface area contributed by atoms with E-state index in [1.165, 1.54) is 6.07 Å². The van der Waals surface area contributed by atoms with E-state index in [0.29, 0.717) is 22.7 Å². The highest BCUT2D eigenvalue weighted by atomic mass is 16.5. The number of nitrogen functional groups attached to an aromatic ring is 1. The van der Waals surface area contributed by atoms with Crippen LogP contribution in [0.5, 0.6) is 11.5 Å². The summed E-state index contributed by atoms with van der Waals surface area (Å²) in [6.07, 6.45) is 1.61. The number of pyridine rings is 1. The van der Waals surface area contributed by atoms with Gasteiger partial charge in [-0.3, -0.25) is 9.78 Å². The van der Waals surface area contributed by atoms with Crippen molar-refractivity contribution in [1.29, 1.82) is 0 Å². The van der Waals surface area contributed by atoms with E-state index < -0.39 is 5.91 Å². The van der Waals surface area contributed by atoms with E-state index in [9.17, 15) is 4.79 Å². The molecule has 104 valence electrons. The maximum absolute atomic E-state index is 11.2. The Morgan fingerprint density at radius 1 is 1.10 bits per heavy atom. The van der Waals surface area contributed by atoms with Gasteiger partial charge in [0.25, 0.3) is 0 Å². The number of hydrogen-bond donors (Lipinski definition) is 2. The third kappa shape index (κ3) is 2.62. The molecule has 5 nitrogen and oxygen atoms in total. The van der Waals surface area contributed by atoms with E-state index in [1.54, 1.807) is 18.3 Å². The molecular weight excluding hydrogens is 266 g/mol. The topological polar surface area (TPSA) is 91.2 Å². The molecule has 0 aliphatic heterocycles. The smallest absolute Gasteiger partial charge is 0.248 e. The van der Waals surface area contributed by atoms with Crippen LogP contribution in [0.1, 0.15) is 10.4 Å². The molecule has 2 aromatic carbocycles. The molecule has 21 heavy (non-hydrogen) atoms. The number of carbonyl (C=O) groups excluding carboxylic acids is 1. The Balaban J connectivity index is 1.98. The normalized spacial score (nSPS) is 10.5. The van der Waals surface area contributed by atoms with Crippen molar-refractivity contribution in [2.75, 3.05) is 5.73 Å². The first kappa shape index (κ1) is 12.9. The van der Waals surface area contributed by atoms with Gasteiger partial charge >= 0.3 is 0 Å². The third-order valence-electron chi connectivity index (χ3n) is 3.09. The van der Waals surface area contributed by atoms with Crippen molar-refractivity contribution in [3.63, 3.8) is 0 Å². The van der Waals surface area contributed by atoms with Crippen molar-refractivity contribution in [3.05, 3.63) is 60.3 Å². The number of anilines is 1. The Morgan fingerprint density at radius 3 is 2.71 bits per heavy atom. The van der Waals surface area contributed by atoms with Crippen molar-refractivity contribution in [1.82, 2.24) is 4.98 Å². The average Bonchev–Trinajstić information content (AvgIpc) is 2.49. The lowest BCUT2D eigenvalue weighted by Crippen LogP contribution is -2.11. The van der Waals surface area contributed by atoms with Crippen molar-refractivity contribution >= 4 is 22.5 Å². The number of rotatable bonds is 3. The molecule has 3 aromatic rings. The Hall–Kier alpha value is -3.08. The standard InChI is InChI=1S/C16H13N3O2/c17-13-6-5-11(16(18)20)8-15(13)21-12-7-10-3-1-2-4-14(10)19-9-12/h1-9H,17H2,(H2,18,20). The predicted molar refractivity (Wildman–Crippen MR) is 81.2 cm³/mol. The second kappa shape index (κ2) is 5.13. The second-order valence-electron chi connectivity index (χ2n) is 4.58. The minimum atomic E-state index is -0.531. The van der Waals surface area contributed by atoms with E-state index in [0.717, 1.165) is 10.9 Å². The van der Waals surface area contributed by atoms with Gasteiger partial charge in [-0.1, -0.05) is 18.2 Å². The molecule has 0 unspecified atom stereocenters. The number of nitrogens with zero attached hydrogens (tertiary/aromatic N) is 1. The number of primary amides is 1. The first-order valence-corrected chi connectivity index (χ1v) is 6.35. The van der Waals surface area contributed by atoms with E-state index >= 15 is 0 Å². The first-order valence-electron chi connectivity index (χ1n) is 6.35. The SMILES string of the molecule is NC(=O)c1ccc(N)c(Oc2cnc3ccccc3c2)c1. The number of amides is 1. The molecule has 1 aromatic heterocycles. The van der Waals surface area contributed by atoms with Gasteiger partial charge in [0, 0.05) is 10.9 Å². The summed E-state index contributed by atoms with van der Waals surface area (Å²) in [4.78, 5) is 15.5. The Labute approximate surface area is 121 Å². The molecular formula is C16H13N3O2. The molecule has 3 rings (SSSR count). The van der Waals surface area contributed by atoms with E-state index in [4.69, 9.17) is 16.2 Å². The van der Waals surface area contributed by atoms with Crippen LogP contribution < -0.4 is 16.2 Å². The van der Waals surface area contributed by atoms with Crippen molar-refractivity contribution in [3.8, 4) is 11.5 Å². The molecule has 0 spiro atoms. The molecule has 0 bridgehead atoms. The van der Waals surface area contributed by atoms with Crippen LogP contribution in [0.4, 0.5) is 5.69 Å². The number of benzene rings is 2. The molecule has 0 saturated heterocycles. The fourth-order valence-electron chi connectivity index (χ4n) is 2.01. The van der Waals surface area contributed by atoms with Gasteiger partial charge in [0.15, 0.2) is 5.75 Å². The third-order valence-corrected chi connectivity index (χ3v) is 3.09. The zero-order valence-electron chi connectivity index (χ0n) is 11.1. The lowest BCUT2D eigenvalue weighted by Gasteiger charge is -2.10. The maximum atomic E-state index is 11.2. The largest absolute Gasteiger partial charge is 0.454 e. The van der Waals surface area contributed by atoms with Crippen LogP contribution in [0.3, 0.4) is 0 Å². The Morgan fingerprint density at radius 2 is 1.90 bits per heavy atom. The molecule has 0 aliphatic rings. The van der Waals surface area contributed by atoms with Crippen molar-refractivity contribution in [2.45, 2.75) is 0 Å². The van der Waals surface area contributed by atoms with E-state index in [1.807, 2.05) is 30.3 Å². The van der Waals surface area contributed by atoms with Crippen LogP contribution in [0.2, 0.25) is 0 Å². The minimum absolute atomic E-state index is 0.341. The van der Waals surface area contributed by atoms with Gasteiger partial charge in [-0.2, -0.15) is 0 Å². The summed E-state index contributed by atoms with van der Waals surface area (Å²) in [5, 5.41) is 0.958. The average molecular weight is 279 g/mol. The van der Waals surface area contributed by atoms with Gasteiger partial charge < -0.3 is 16.2 Å². The van der Waals surface area contributed by atoms with Crippen LogP contribution in [-0.2, 0) is 0 Å². The van der Waals surface area contributed by atoms with Gasteiger partial charge in [-0.25, -0.2) is 0 Å². The van der Waals surface area contributed by atoms with Crippen LogP contribution in [0, 0.1) is 0 Å². The molecule has 4 N–H and O–H groups in total. The summed E-state index contributed by atoms with van der Waals surface area (Å²) in [6.45, 7) is 0. The van der Waals surface area contributed by atoms with Gasteiger partial charge in [0.05, 0.1) is 17.4 Å². The number of nitrogens with two attached hydrogens (primary N) is 2. The number of para-hydroxylation sites is 1. The summed E-state index contributed by atoms with van der Waals surface area (Å²) in [5.41, 5.74) is 12.7. The maximum Gasteiger partial charge on any atom is 0.248 e. The molecule has 1 amide bonds. The molecule has 0 atom stereocenters. The highest BCUT2D eigenvalue weighted by molar-refractivity contribution is 5.93. The highest BCUT2D eigenvalue weighted by Gasteiger charge is 2.08. The predicted octanol–water partition coefficient (Wildman–Crippen LogP) is 2.71. The van der Waals surface area contributed by atoms with Gasteiger partial charge in [0.1, 0.15) is 5.75 Å². The van der Waals surface area contributed by atoms with Crippen molar-refractivity contribution < 1.29 is 9.53 Å². The summed E-state index contributed by atoms with van der Waals surface area (Å²) in [6, 6.07) is 14.2. The molecule has 0 saturated carbocycles. The number of ether oxygens (including phenoxy) is 1. The van der Waals surface area contributed by atoms with Crippen LogP contribution in [0.15, 0.2) is 54.7 Å². The van der Waals surface area contributed by atoms with Crippen LogP contribution in [0.25, 0.3) is 10.9 Å². The number of hydrogen-bond acceptors (Lipinski definition) is 4. The monoisotopic (exact) mass is 279 g/mol. The number of fused-ring (bicyclic) bond motifs is 1. The molecule has 0 radical (unpaired) electrons. The zero-order chi connectivity index (χ0) is 14.8. The van der Waals surface area contributed by atoms with Gasteiger partial charge in [0.2, 0.25) is 5.91 Å².